The summed E-state index contributed by atoms with van der Waals surface area (Å²) in [4.78, 5) is 25.8. The van der Waals surface area contributed by atoms with Gasteiger partial charge in [0, 0.05) is 29.6 Å². The Kier molecular flexibility index (Phi) is 6.68. The lowest BCUT2D eigenvalue weighted by atomic mass is 9.87. The molecule has 0 bridgehead atoms. The van der Waals surface area contributed by atoms with Crippen LogP contribution in [0.2, 0.25) is 0 Å². The zero-order valence-electron chi connectivity index (χ0n) is 21.8. The molecule has 0 atom stereocenters. The third-order valence-corrected chi connectivity index (χ3v) is 7.16. The van der Waals surface area contributed by atoms with Gasteiger partial charge in [-0.1, -0.05) is 43.7 Å². The fourth-order valence-corrected chi connectivity index (χ4v) is 5.17. The summed E-state index contributed by atoms with van der Waals surface area (Å²) in [6.45, 7) is 16.2. The van der Waals surface area contributed by atoms with E-state index in [9.17, 15) is 4.79 Å². The third kappa shape index (κ3) is 4.55. The number of hydrogen-bond acceptors (Lipinski definition) is 7. The van der Waals surface area contributed by atoms with Gasteiger partial charge in [0.1, 0.15) is 16.5 Å². The lowest BCUT2D eigenvalue weighted by Gasteiger charge is -2.18. The highest BCUT2D eigenvalue weighted by Crippen LogP contribution is 2.36. The number of benzene rings is 1. The van der Waals surface area contributed by atoms with Crippen LogP contribution in [0.3, 0.4) is 0 Å². The van der Waals surface area contributed by atoms with Gasteiger partial charge in [0.15, 0.2) is 5.82 Å². The monoisotopic (exact) mass is 491 g/mol. The van der Waals surface area contributed by atoms with E-state index in [0.29, 0.717) is 28.5 Å². The number of thiophene rings is 1. The van der Waals surface area contributed by atoms with Crippen molar-refractivity contribution in [2.45, 2.75) is 48.5 Å². The van der Waals surface area contributed by atoms with Crippen molar-refractivity contribution in [3.8, 4) is 17.0 Å². The Morgan fingerprint density at radius 1 is 1.11 bits per heavy atom. The van der Waals surface area contributed by atoms with Crippen LogP contribution in [0.25, 0.3) is 11.3 Å². The van der Waals surface area contributed by atoms with Crippen molar-refractivity contribution in [2.24, 2.45) is 15.5 Å². The smallest absolute Gasteiger partial charge is 0.278 e. The largest absolute Gasteiger partial charge is 0.496 e. The molecular weight excluding hydrogens is 458 g/mol. The Morgan fingerprint density at radius 2 is 1.83 bits per heavy atom. The van der Waals surface area contributed by atoms with Gasteiger partial charge in [-0.05, 0) is 52.0 Å². The standard InChI is InChI=1S/C27H33N5O2S/c1-9-31(10-2)21-14-13-20(35-21)28-23-24(27(5,6)7)30-32-25(23)29-22(17(4)26(32)33)18-15-16(3)11-12-19(18)34-8/h11-15H,9-10H2,1-8H3/b28-23-. The van der Waals surface area contributed by atoms with Crippen molar-refractivity contribution in [3.05, 3.63) is 57.6 Å². The second-order valence-electron chi connectivity index (χ2n) is 9.67. The fraction of sp³-hybridized carbons (Fsp3) is 0.407. The Morgan fingerprint density at radius 3 is 2.46 bits per heavy atom. The first-order chi connectivity index (χ1) is 16.6. The van der Waals surface area contributed by atoms with E-state index in [1.807, 2.05) is 31.2 Å². The molecule has 0 amide bonds. The first kappa shape index (κ1) is 24.9. The molecule has 1 aliphatic rings. The molecule has 1 aromatic carbocycles. The number of anilines is 1. The van der Waals surface area contributed by atoms with E-state index in [4.69, 9.17) is 19.8 Å². The number of ether oxygens (including phenoxy) is 1. The van der Waals surface area contributed by atoms with Gasteiger partial charge in [-0.15, -0.1) is 0 Å². The molecule has 0 saturated carbocycles. The second kappa shape index (κ2) is 9.41. The minimum absolute atomic E-state index is 0.199. The maximum absolute atomic E-state index is 13.5. The van der Waals surface area contributed by atoms with Crippen molar-refractivity contribution in [2.75, 3.05) is 25.1 Å². The van der Waals surface area contributed by atoms with Crippen molar-refractivity contribution < 1.29 is 4.74 Å². The van der Waals surface area contributed by atoms with Crippen LogP contribution in [-0.4, -0.2) is 41.3 Å². The highest BCUT2D eigenvalue weighted by Gasteiger charge is 2.35. The van der Waals surface area contributed by atoms with Crippen molar-refractivity contribution in [1.29, 1.82) is 0 Å². The molecule has 184 valence electrons. The van der Waals surface area contributed by atoms with Gasteiger partial charge in [-0.2, -0.15) is 9.78 Å². The van der Waals surface area contributed by atoms with E-state index in [1.54, 1.807) is 25.4 Å². The highest BCUT2D eigenvalue weighted by molar-refractivity contribution is 7.19. The molecule has 8 heteroatoms. The number of aryl methyl sites for hydroxylation is 1. The normalized spacial score (nSPS) is 14.3. The molecular formula is C27H33N5O2S. The van der Waals surface area contributed by atoms with Crippen LogP contribution >= 0.6 is 11.3 Å². The molecule has 1 aliphatic heterocycles. The highest BCUT2D eigenvalue weighted by atomic mass is 32.1. The van der Waals surface area contributed by atoms with Crippen LogP contribution in [0, 0.1) is 19.3 Å². The van der Waals surface area contributed by atoms with Gasteiger partial charge in [-0.25, -0.2) is 9.98 Å². The molecule has 0 N–H and O–H groups in total. The van der Waals surface area contributed by atoms with Crippen molar-refractivity contribution in [1.82, 2.24) is 9.66 Å². The topological polar surface area (TPSA) is 72.1 Å². The number of nitrogens with zero attached hydrogens (tertiary/aromatic N) is 5. The first-order valence-corrected chi connectivity index (χ1v) is 12.7. The Bertz CT molecular complexity index is 1390. The molecule has 0 fully saturated rings. The molecule has 0 saturated heterocycles. The molecule has 0 unspecified atom stereocenters. The van der Waals surface area contributed by atoms with Crippen LogP contribution in [0.15, 0.2) is 45.2 Å². The van der Waals surface area contributed by atoms with E-state index in [-0.39, 0.29) is 11.0 Å². The Labute approximate surface area is 210 Å². The zero-order chi connectivity index (χ0) is 25.5. The summed E-state index contributed by atoms with van der Waals surface area (Å²) in [6, 6.07) is 10.0. The number of aliphatic imine (C=N–C) groups is 1. The summed E-state index contributed by atoms with van der Waals surface area (Å²) in [6.07, 6.45) is 0. The summed E-state index contributed by atoms with van der Waals surface area (Å²) < 4.78 is 7.00. The maximum Gasteiger partial charge on any atom is 0.278 e. The second-order valence-corrected chi connectivity index (χ2v) is 10.7. The van der Waals surface area contributed by atoms with Crippen LogP contribution in [0.5, 0.6) is 5.75 Å². The number of rotatable bonds is 6. The Balaban J connectivity index is 1.94. The molecule has 0 spiro atoms. The summed E-state index contributed by atoms with van der Waals surface area (Å²) in [5.74, 6) is 1.13. The number of fused-ring (bicyclic) bond motifs is 1. The van der Waals surface area contributed by atoms with E-state index >= 15 is 0 Å². The summed E-state index contributed by atoms with van der Waals surface area (Å²) in [5.41, 5.74) is 3.82. The van der Waals surface area contributed by atoms with Gasteiger partial charge >= 0.3 is 0 Å². The molecule has 4 rings (SSSR count). The van der Waals surface area contributed by atoms with Gasteiger partial charge in [0.2, 0.25) is 0 Å². The predicted molar refractivity (Wildman–Crippen MR) is 146 cm³/mol. The van der Waals surface area contributed by atoms with Crippen molar-refractivity contribution in [3.63, 3.8) is 0 Å². The van der Waals surface area contributed by atoms with E-state index < -0.39 is 0 Å². The van der Waals surface area contributed by atoms with E-state index in [1.165, 1.54) is 9.68 Å². The van der Waals surface area contributed by atoms with Crippen LogP contribution < -0.4 is 15.2 Å². The molecule has 2 aromatic heterocycles. The summed E-state index contributed by atoms with van der Waals surface area (Å²) in [7, 11) is 1.63. The van der Waals surface area contributed by atoms with E-state index in [2.05, 4.69) is 45.6 Å². The average molecular weight is 492 g/mol. The van der Waals surface area contributed by atoms with Gasteiger partial charge in [0.05, 0.1) is 23.5 Å². The number of hydrogen-bond donors (Lipinski definition) is 0. The average Bonchev–Trinajstić information content (AvgIpc) is 3.42. The minimum atomic E-state index is -0.326. The summed E-state index contributed by atoms with van der Waals surface area (Å²) in [5, 5.41) is 6.75. The third-order valence-electron chi connectivity index (χ3n) is 6.12. The van der Waals surface area contributed by atoms with Crippen molar-refractivity contribution >= 4 is 32.8 Å². The number of aromatic nitrogens is 2. The Hall–Kier alpha value is -3.26. The summed E-state index contributed by atoms with van der Waals surface area (Å²) >= 11 is 1.63. The molecule has 3 heterocycles. The molecule has 0 radical (unpaired) electrons. The SMILES string of the molecule is CCN(CC)c1ccc(/N=C2/C(C(C)(C)C)=Nn3c2nc(-c2cc(C)ccc2OC)c(C)c3=O)s1. The molecule has 0 aliphatic carbocycles. The van der Waals surface area contributed by atoms with E-state index in [0.717, 1.165) is 34.9 Å². The van der Waals surface area contributed by atoms with Gasteiger partial charge in [0.25, 0.3) is 5.56 Å². The lowest BCUT2D eigenvalue weighted by Crippen LogP contribution is -2.28. The van der Waals surface area contributed by atoms with Crippen LogP contribution in [0.1, 0.15) is 51.6 Å². The lowest BCUT2D eigenvalue weighted by molar-refractivity contribution is 0.416. The van der Waals surface area contributed by atoms with Crippen LogP contribution in [0.4, 0.5) is 10.0 Å². The predicted octanol–water partition coefficient (Wildman–Crippen LogP) is 5.83. The zero-order valence-corrected chi connectivity index (χ0v) is 22.6. The van der Waals surface area contributed by atoms with Gasteiger partial charge < -0.3 is 9.64 Å². The fourth-order valence-electron chi connectivity index (χ4n) is 4.16. The molecule has 35 heavy (non-hydrogen) atoms. The maximum atomic E-state index is 13.5. The molecule has 7 nitrogen and oxygen atoms in total. The van der Waals surface area contributed by atoms with Gasteiger partial charge in [-0.3, -0.25) is 4.79 Å². The number of methoxy groups -OCH3 is 1. The molecule has 3 aromatic rings. The van der Waals surface area contributed by atoms with Crippen LogP contribution in [-0.2, 0) is 0 Å². The minimum Gasteiger partial charge on any atom is -0.496 e. The first-order valence-electron chi connectivity index (χ1n) is 11.9. The quantitative estimate of drug-likeness (QED) is 0.435.